The second-order valence-electron chi connectivity index (χ2n) is 5.76. The van der Waals surface area contributed by atoms with Gasteiger partial charge < -0.3 is 14.8 Å². The van der Waals surface area contributed by atoms with E-state index in [1.54, 1.807) is 6.07 Å². The Balaban J connectivity index is 1.64. The molecule has 0 fully saturated rings. The summed E-state index contributed by atoms with van der Waals surface area (Å²) in [6.07, 6.45) is 0. The molecule has 1 heterocycles. The summed E-state index contributed by atoms with van der Waals surface area (Å²) >= 11 is 0. The average Bonchev–Trinajstić information content (AvgIpc) is 3.04. The fraction of sp³-hybridized carbons (Fsp3) is 0.200. The van der Waals surface area contributed by atoms with Crippen LogP contribution in [0.2, 0.25) is 0 Å². The third-order valence-corrected chi connectivity index (χ3v) is 4.02. The monoisotopic (exact) mass is 325 g/mol. The zero-order valence-corrected chi connectivity index (χ0v) is 13.6. The minimum Gasteiger partial charge on any atom is -0.460 e. The maximum Gasteiger partial charge on any atom is 0.134 e. The molecule has 0 atom stereocenters. The lowest BCUT2D eigenvalue weighted by Gasteiger charge is -2.08. The van der Waals surface area contributed by atoms with E-state index in [9.17, 15) is 9.50 Å². The van der Waals surface area contributed by atoms with Crippen molar-refractivity contribution in [1.82, 2.24) is 5.32 Å². The number of nitrogens with one attached hydrogen (secondary N) is 1. The quantitative estimate of drug-likeness (QED) is 0.715. The van der Waals surface area contributed by atoms with Crippen LogP contribution in [0.1, 0.15) is 22.5 Å². The molecule has 0 spiro atoms. The molecule has 2 N–H and O–H groups in total. The molecule has 0 bridgehead atoms. The summed E-state index contributed by atoms with van der Waals surface area (Å²) in [5, 5.41) is 12.7. The van der Waals surface area contributed by atoms with E-state index >= 15 is 0 Å². The first kappa shape index (κ1) is 16.4. The summed E-state index contributed by atoms with van der Waals surface area (Å²) in [6, 6.07) is 16.3. The predicted octanol–water partition coefficient (Wildman–Crippen LogP) is 4.18. The van der Waals surface area contributed by atoms with E-state index in [0.29, 0.717) is 13.1 Å². The van der Waals surface area contributed by atoms with E-state index in [2.05, 4.69) is 5.32 Å². The zero-order valence-electron chi connectivity index (χ0n) is 13.6. The molecule has 2 aromatic carbocycles. The minimum absolute atomic E-state index is 0.0343. The van der Waals surface area contributed by atoms with Gasteiger partial charge in [-0.25, -0.2) is 4.39 Å². The number of aliphatic hydroxyl groups excluding tert-OH is 1. The summed E-state index contributed by atoms with van der Waals surface area (Å²) in [7, 11) is 0. The summed E-state index contributed by atoms with van der Waals surface area (Å²) in [5.74, 6) is 1.31. The molecule has 1 aromatic heterocycles. The first-order valence-electron chi connectivity index (χ1n) is 7.91. The zero-order chi connectivity index (χ0) is 16.9. The summed E-state index contributed by atoms with van der Waals surface area (Å²) in [6.45, 7) is 3.14. The Hall–Kier alpha value is -2.43. The Morgan fingerprint density at radius 3 is 2.54 bits per heavy atom. The summed E-state index contributed by atoms with van der Waals surface area (Å²) in [5.41, 5.74) is 3.74. The Labute approximate surface area is 140 Å². The average molecular weight is 325 g/mol. The first-order chi connectivity index (χ1) is 11.7. The van der Waals surface area contributed by atoms with Gasteiger partial charge in [-0.05, 0) is 53.9 Å². The van der Waals surface area contributed by atoms with E-state index in [1.165, 1.54) is 12.1 Å². The van der Waals surface area contributed by atoms with E-state index < -0.39 is 0 Å². The molecule has 24 heavy (non-hydrogen) atoms. The molecular formula is C20H20FNO2. The largest absolute Gasteiger partial charge is 0.460 e. The van der Waals surface area contributed by atoms with Gasteiger partial charge in [0.25, 0.3) is 0 Å². The van der Waals surface area contributed by atoms with Crippen molar-refractivity contribution in [2.75, 3.05) is 0 Å². The van der Waals surface area contributed by atoms with Crippen molar-refractivity contribution in [3.8, 4) is 11.3 Å². The standard InChI is InChI=1S/C20H20FNO2/c1-14-10-17(21)6-8-19(14)20-9-7-18(24-20)12-22-11-15-4-2-3-5-16(15)13-23/h2-10,22-23H,11-13H2,1H3. The Bertz CT molecular complexity index is 826. The third kappa shape index (κ3) is 3.72. The van der Waals surface area contributed by atoms with Gasteiger partial charge in [0, 0.05) is 12.1 Å². The number of aryl methyl sites for hydroxylation is 1. The molecule has 124 valence electrons. The smallest absolute Gasteiger partial charge is 0.134 e. The van der Waals surface area contributed by atoms with Crippen molar-refractivity contribution in [3.05, 3.63) is 82.9 Å². The van der Waals surface area contributed by atoms with Gasteiger partial charge in [-0.1, -0.05) is 24.3 Å². The Kier molecular flexibility index (Phi) is 5.08. The summed E-state index contributed by atoms with van der Waals surface area (Å²) in [4.78, 5) is 0. The van der Waals surface area contributed by atoms with Crippen LogP contribution in [0.5, 0.6) is 0 Å². The highest BCUT2D eigenvalue weighted by atomic mass is 19.1. The van der Waals surface area contributed by atoms with E-state index in [-0.39, 0.29) is 12.4 Å². The minimum atomic E-state index is -0.243. The van der Waals surface area contributed by atoms with Crippen molar-refractivity contribution in [3.63, 3.8) is 0 Å². The number of aliphatic hydroxyl groups is 1. The van der Waals surface area contributed by atoms with Crippen LogP contribution in [-0.2, 0) is 19.7 Å². The number of hydrogen-bond acceptors (Lipinski definition) is 3. The van der Waals surface area contributed by atoms with Crippen LogP contribution in [0.15, 0.2) is 59.0 Å². The van der Waals surface area contributed by atoms with E-state index in [0.717, 1.165) is 33.8 Å². The van der Waals surface area contributed by atoms with Crippen LogP contribution in [0.4, 0.5) is 4.39 Å². The van der Waals surface area contributed by atoms with Gasteiger partial charge in [0.1, 0.15) is 17.3 Å². The molecule has 3 nitrogen and oxygen atoms in total. The lowest BCUT2D eigenvalue weighted by molar-refractivity contribution is 0.280. The molecule has 0 unspecified atom stereocenters. The number of furan rings is 1. The maximum absolute atomic E-state index is 13.2. The van der Waals surface area contributed by atoms with Gasteiger partial charge in [0.2, 0.25) is 0 Å². The van der Waals surface area contributed by atoms with Gasteiger partial charge in [-0.3, -0.25) is 0 Å². The normalized spacial score (nSPS) is 11.0. The van der Waals surface area contributed by atoms with Gasteiger partial charge in [-0.2, -0.15) is 0 Å². The van der Waals surface area contributed by atoms with Crippen LogP contribution < -0.4 is 5.32 Å². The second kappa shape index (κ2) is 7.43. The molecule has 0 aliphatic rings. The van der Waals surface area contributed by atoms with E-state index in [1.807, 2.05) is 43.3 Å². The Morgan fingerprint density at radius 1 is 1.00 bits per heavy atom. The number of rotatable bonds is 6. The fourth-order valence-electron chi connectivity index (χ4n) is 2.73. The first-order valence-corrected chi connectivity index (χ1v) is 7.91. The lowest BCUT2D eigenvalue weighted by atomic mass is 10.1. The van der Waals surface area contributed by atoms with Crippen molar-refractivity contribution in [1.29, 1.82) is 0 Å². The molecule has 0 aliphatic heterocycles. The van der Waals surface area contributed by atoms with Gasteiger partial charge in [0.05, 0.1) is 13.2 Å². The topological polar surface area (TPSA) is 45.4 Å². The van der Waals surface area contributed by atoms with Gasteiger partial charge in [-0.15, -0.1) is 0 Å². The van der Waals surface area contributed by atoms with Crippen LogP contribution in [-0.4, -0.2) is 5.11 Å². The molecule has 0 radical (unpaired) electrons. The lowest BCUT2D eigenvalue weighted by Crippen LogP contribution is -2.13. The van der Waals surface area contributed by atoms with Crippen LogP contribution in [0.3, 0.4) is 0 Å². The summed E-state index contributed by atoms with van der Waals surface area (Å²) < 4.78 is 19.1. The maximum atomic E-state index is 13.2. The highest BCUT2D eigenvalue weighted by Crippen LogP contribution is 2.26. The number of halogens is 1. The molecule has 0 saturated carbocycles. The van der Waals surface area contributed by atoms with Crippen molar-refractivity contribution >= 4 is 0 Å². The molecular weight excluding hydrogens is 305 g/mol. The van der Waals surface area contributed by atoms with Gasteiger partial charge >= 0.3 is 0 Å². The second-order valence-corrected chi connectivity index (χ2v) is 5.76. The SMILES string of the molecule is Cc1cc(F)ccc1-c1ccc(CNCc2ccccc2CO)o1. The molecule has 3 rings (SSSR count). The van der Waals surface area contributed by atoms with Crippen LogP contribution in [0, 0.1) is 12.7 Å². The van der Waals surface area contributed by atoms with Crippen molar-refractivity contribution in [2.24, 2.45) is 0 Å². The van der Waals surface area contributed by atoms with Gasteiger partial charge in [0.15, 0.2) is 0 Å². The molecule has 0 amide bonds. The van der Waals surface area contributed by atoms with Crippen LogP contribution >= 0.6 is 0 Å². The molecule has 4 heteroatoms. The van der Waals surface area contributed by atoms with Crippen molar-refractivity contribution < 1.29 is 13.9 Å². The fourth-order valence-corrected chi connectivity index (χ4v) is 2.73. The molecule has 0 saturated heterocycles. The van der Waals surface area contributed by atoms with E-state index in [4.69, 9.17) is 4.42 Å². The van der Waals surface area contributed by atoms with Crippen LogP contribution in [0.25, 0.3) is 11.3 Å². The molecule has 0 aliphatic carbocycles. The highest BCUT2D eigenvalue weighted by Gasteiger charge is 2.08. The number of hydrogen-bond donors (Lipinski definition) is 2. The number of benzene rings is 2. The van der Waals surface area contributed by atoms with Crippen molar-refractivity contribution in [2.45, 2.75) is 26.6 Å². The third-order valence-electron chi connectivity index (χ3n) is 4.02. The Morgan fingerprint density at radius 2 is 1.79 bits per heavy atom. The molecule has 3 aromatic rings. The highest BCUT2D eigenvalue weighted by molar-refractivity contribution is 5.62. The predicted molar refractivity (Wildman–Crippen MR) is 91.7 cm³/mol.